The maximum atomic E-state index is 12.1. The molecule has 1 aromatic rings. The summed E-state index contributed by atoms with van der Waals surface area (Å²) in [5.41, 5.74) is -0.196. The number of carbonyl (C=O) groups excluding carboxylic acids is 2. The van der Waals surface area contributed by atoms with Crippen LogP contribution in [0.1, 0.15) is 26.3 Å². The van der Waals surface area contributed by atoms with Gasteiger partial charge < -0.3 is 15.4 Å². The second-order valence-electron chi connectivity index (χ2n) is 6.20. The smallest absolute Gasteiger partial charge is 0.408 e. The van der Waals surface area contributed by atoms with Crippen molar-refractivity contribution in [2.24, 2.45) is 0 Å². The van der Waals surface area contributed by atoms with Crippen LogP contribution >= 0.6 is 0 Å². The van der Waals surface area contributed by atoms with Crippen LogP contribution in [0, 0.1) is 21.4 Å². The fraction of sp³-hybridized carbons (Fsp3) is 0.438. The molecular formula is C16H20N4O5. The number of benzene rings is 1. The minimum atomic E-state index is -0.982. The van der Waals surface area contributed by atoms with Gasteiger partial charge in [-0.1, -0.05) is 12.1 Å². The molecule has 0 aliphatic rings. The summed E-state index contributed by atoms with van der Waals surface area (Å²) in [7, 11) is 0. The molecule has 0 radical (unpaired) electrons. The van der Waals surface area contributed by atoms with Crippen molar-refractivity contribution in [3.05, 3.63) is 39.9 Å². The summed E-state index contributed by atoms with van der Waals surface area (Å²) >= 11 is 0. The molecule has 0 spiro atoms. The van der Waals surface area contributed by atoms with Crippen LogP contribution in [0.5, 0.6) is 0 Å². The van der Waals surface area contributed by atoms with Crippen LogP contribution in [0.3, 0.4) is 0 Å². The van der Waals surface area contributed by atoms with Crippen LogP contribution in [0.2, 0.25) is 0 Å². The van der Waals surface area contributed by atoms with Gasteiger partial charge in [0.1, 0.15) is 18.2 Å². The van der Waals surface area contributed by atoms with E-state index in [-0.39, 0.29) is 18.7 Å². The van der Waals surface area contributed by atoms with E-state index in [9.17, 15) is 19.7 Å². The molecule has 25 heavy (non-hydrogen) atoms. The molecule has 2 N–H and O–H groups in total. The first-order chi connectivity index (χ1) is 11.6. The Morgan fingerprint density at radius 1 is 1.32 bits per heavy atom. The minimum Gasteiger partial charge on any atom is -0.444 e. The van der Waals surface area contributed by atoms with Crippen molar-refractivity contribution in [3.8, 4) is 6.07 Å². The maximum Gasteiger partial charge on any atom is 0.408 e. The zero-order valence-corrected chi connectivity index (χ0v) is 14.2. The molecule has 0 fully saturated rings. The highest BCUT2D eigenvalue weighted by atomic mass is 16.6. The van der Waals surface area contributed by atoms with Crippen LogP contribution in [0.25, 0.3) is 0 Å². The van der Waals surface area contributed by atoms with E-state index in [1.165, 1.54) is 24.3 Å². The summed E-state index contributed by atoms with van der Waals surface area (Å²) < 4.78 is 5.13. The minimum absolute atomic E-state index is 0.0747. The summed E-state index contributed by atoms with van der Waals surface area (Å²) in [4.78, 5) is 34.2. The van der Waals surface area contributed by atoms with Crippen molar-refractivity contribution in [3.63, 3.8) is 0 Å². The van der Waals surface area contributed by atoms with Crippen LogP contribution in [-0.2, 0) is 16.0 Å². The Kier molecular flexibility index (Phi) is 6.87. The lowest BCUT2D eigenvalue weighted by molar-refractivity contribution is -0.384. The first kappa shape index (κ1) is 19.9. The molecule has 0 saturated carbocycles. The number of alkyl carbamates (subject to hydrolysis) is 1. The number of non-ortho nitro benzene ring substituents is 1. The lowest BCUT2D eigenvalue weighted by atomic mass is 10.0. The average Bonchev–Trinajstić information content (AvgIpc) is 2.50. The van der Waals surface area contributed by atoms with E-state index < -0.39 is 28.6 Å². The molecule has 1 unspecified atom stereocenters. The van der Waals surface area contributed by atoms with Crippen molar-refractivity contribution in [1.82, 2.24) is 10.6 Å². The lowest BCUT2D eigenvalue weighted by Gasteiger charge is -2.23. The van der Waals surface area contributed by atoms with Gasteiger partial charge >= 0.3 is 6.09 Å². The highest BCUT2D eigenvalue weighted by Gasteiger charge is 2.24. The van der Waals surface area contributed by atoms with Gasteiger partial charge in [-0.15, -0.1) is 0 Å². The van der Waals surface area contributed by atoms with Crippen molar-refractivity contribution in [2.45, 2.75) is 38.8 Å². The molecule has 0 bridgehead atoms. The Labute approximate surface area is 145 Å². The van der Waals surface area contributed by atoms with Gasteiger partial charge in [-0.2, -0.15) is 5.26 Å². The fourth-order valence-electron chi connectivity index (χ4n) is 1.90. The van der Waals surface area contributed by atoms with Gasteiger partial charge in [-0.25, -0.2) is 4.79 Å². The van der Waals surface area contributed by atoms with E-state index in [4.69, 9.17) is 10.00 Å². The fourth-order valence-corrected chi connectivity index (χ4v) is 1.90. The second kappa shape index (κ2) is 8.63. The zero-order valence-electron chi connectivity index (χ0n) is 14.2. The summed E-state index contributed by atoms with van der Waals surface area (Å²) in [6, 6.07) is 6.42. The highest BCUT2D eigenvalue weighted by Crippen LogP contribution is 2.14. The van der Waals surface area contributed by atoms with Crippen LogP contribution in [-0.4, -0.2) is 35.1 Å². The van der Waals surface area contributed by atoms with Crippen molar-refractivity contribution in [2.75, 3.05) is 6.54 Å². The molecular weight excluding hydrogens is 328 g/mol. The van der Waals surface area contributed by atoms with E-state index in [2.05, 4.69) is 10.6 Å². The quantitative estimate of drug-likeness (QED) is 0.456. The molecule has 0 aliphatic heterocycles. The topological polar surface area (TPSA) is 134 Å². The highest BCUT2D eigenvalue weighted by molar-refractivity contribution is 5.86. The summed E-state index contributed by atoms with van der Waals surface area (Å²) in [5.74, 6) is -0.550. The Hall–Kier alpha value is -3.15. The molecule has 9 nitrogen and oxygen atoms in total. The van der Waals surface area contributed by atoms with Crippen molar-refractivity contribution >= 4 is 17.7 Å². The average molecular weight is 348 g/mol. The summed E-state index contributed by atoms with van der Waals surface area (Å²) in [6.45, 7) is 4.86. The molecule has 0 heterocycles. The van der Waals surface area contributed by atoms with Crippen LogP contribution in [0.15, 0.2) is 24.3 Å². The number of rotatable bonds is 6. The lowest BCUT2D eigenvalue weighted by Crippen LogP contribution is -2.49. The van der Waals surface area contributed by atoms with Crippen molar-refractivity contribution in [1.29, 1.82) is 5.26 Å². The van der Waals surface area contributed by atoms with E-state index in [1.807, 2.05) is 0 Å². The predicted molar refractivity (Wildman–Crippen MR) is 88.6 cm³/mol. The number of nitriles is 1. The number of nitro groups is 1. The van der Waals surface area contributed by atoms with Crippen molar-refractivity contribution < 1.29 is 19.2 Å². The van der Waals surface area contributed by atoms with Gasteiger partial charge in [-0.05, 0) is 26.3 Å². The molecule has 1 atom stereocenters. The number of ether oxygens (including phenoxy) is 1. The molecule has 1 rings (SSSR count). The molecule has 9 heteroatoms. The van der Waals surface area contributed by atoms with E-state index in [0.29, 0.717) is 5.56 Å². The van der Waals surface area contributed by atoms with Crippen LogP contribution in [0.4, 0.5) is 10.5 Å². The number of amides is 2. The molecule has 2 amide bonds. The van der Waals surface area contributed by atoms with Gasteiger partial charge in [0.15, 0.2) is 0 Å². The molecule has 0 aliphatic carbocycles. The molecule has 0 aromatic heterocycles. The number of nitrogens with zero attached hydrogens (tertiary/aromatic N) is 2. The third-order valence-corrected chi connectivity index (χ3v) is 2.94. The second-order valence-corrected chi connectivity index (χ2v) is 6.20. The number of nitro benzene ring substituents is 1. The first-order valence-corrected chi connectivity index (χ1v) is 7.50. The first-order valence-electron chi connectivity index (χ1n) is 7.50. The number of nitrogens with one attached hydrogen (secondary N) is 2. The SMILES string of the molecule is CC(C)(C)OC(=O)NC(Cc1ccc([N+](=O)[O-])cc1)C(=O)NCC#N. The van der Waals surface area contributed by atoms with Gasteiger partial charge in [0.2, 0.25) is 5.91 Å². The van der Waals surface area contributed by atoms with Gasteiger partial charge in [-0.3, -0.25) is 14.9 Å². The maximum absolute atomic E-state index is 12.1. The van der Waals surface area contributed by atoms with E-state index in [1.54, 1.807) is 26.8 Å². The predicted octanol–water partition coefficient (Wildman–Crippen LogP) is 1.67. The zero-order chi connectivity index (χ0) is 19.0. The molecule has 0 saturated heterocycles. The monoisotopic (exact) mass is 348 g/mol. The Balaban J connectivity index is 2.86. The van der Waals surface area contributed by atoms with E-state index >= 15 is 0 Å². The van der Waals surface area contributed by atoms with Gasteiger partial charge in [0, 0.05) is 18.6 Å². The Morgan fingerprint density at radius 2 is 1.92 bits per heavy atom. The molecule has 1 aromatic carbocycles. The third-order valence-electron chi connectivity index (χ3n) is 2.94. The largest absolute Gasteiger partial charge is 0.444 e. The number of carbonyl (C=O) groups is 2. The van der Waals surface area contributed by atoms with Gasteiger partial charge in [0.05, 0.1) is 11.0 Å². The van der Waals surface area contributed by atoms with Crippen LogP contribution < -0.4 is 10.6 Å². The van der Waals surface area contributed by atoms with Gasteiger partial charge in [0.25, 0.3) is 5.69 Å². The number of hydrogen-bond donors (Lipinski definition) is 2. The normalized spacial score (nSPS) is 11.8. The number of hydrogen-bond acceptors (Lipinski definition) is 6. The molecule has 134 valence electrons. The summed E-state index contributed by atoms with van der Waals surface area (Å²) in [5, 5.41) is 24.1. The standard InChI is InChI=1S/C16H20N4O5/c1-16(2,3)25-15(22)19-13(14(21)18-9-8-17)10-11-4-6-12(7-5-11)20(23)24/h4-7,13H,9-10H2,1-3H3,(H,18,21)(H,19,22). The third kappa shape index (κ3) is 7.30. The Morgan fingerprint density at radius 3 is 2.40 bits per heavy atom. The van der Waals surface area contributed by atoms with E-state index in [0.717, 1.165) is 0 Å². The Bertz CT molecular complexity index is 673. The summed E-state index contributed by atoms with van der Waals surface area (Å²) in [6.07, 6.45) is -0.680.